The van der Waals surface area contributed by atoms with Gasteiger partial charge in [-0.1, -0.05) is 121 Å². The van der Waals surface area contributed by atoms with E-state index >= 15 is 0 Å². The van der Waals surface area contributed by atoms with Gasteiger partial charge in [0.15, 0.2) is 5.82 Å². The first-order valence-electron chi connectivity index (χ1n) is 15.5. The second kappa shape index (κ2) is 9.83. The molecule has 0 aliphatic rings. The van der Waals surface area contributed by atoms with Gasteiger partial charge >= 0.3 is 0 Å². The van der Waals surface area contributed by atoms with E-state index in [2.05, 4.69) is 156 Å². The molecule has 0 saturated heterocycles. The summed E-state index contributed by atoms with van der Waals surface area (Å²) in [6.45, 7) is 0. The lowest BCUT2D eigenvalue weighted by molar-refractivity contribution is 1.18. The van der Waals surface area contributed by atoms with Crippen LogP contribution in [-0.2, 0) is 0 Å². The van der Waals surface area contributed by atoms with Crippen LogP contribution in [0.15, 0.2) is 152 Å². The molecule has 2 heterocycles. The minimum atomic E-state index is 0.773. The molecule has 46 heavy (non-hydrogen) atoms. The van der Waals surface area contributed by atoms with Crippen LogP contribution in [0.25, 0.3) is 92.9 Å². The first-order valence-corrected chi connectivity index (χ1v) is 16.3. The fourth-order valence-electron chi connectivity index (χ4n) is 7.20. The second-order valence-electron chi connectivity index (χ2n) is 11.9. The summed E-state index contributed by atoms with van der Waals surface area (Å²) in [5.74, 6) is 0.773. The maximum Gasteiger partial charge on any atom is 0.174 e. The van der Waals surface area contributed by atoms with Crippen molar-refractivity contribution in [2.24, 2.45) is 0 Å². The van der Waals surface area contributed by atoms with E-state index in [9.17, 15) is 0 Å². The summed E-state index contributed by atoms with van der Waals surface area (Å²) in [7, 11) is 0. The van der Waals surface area contributed by atoms with E-state index in [-0.39, 0.29) is 0 Å². The van der Waals surface area contributed by atoms with Gasteiger partial charge in [-0.25, -0.2) is 4.98 Å². The number of fused-ring (bicyclic) bond motifs is 3. The number of hydrogen-bond acceptors (Lipinski definition) is 3. The Morgan fingerprint density at radius 2 is 1.11 bits per heavy atom. The number of rotatable bonds is 4. The van der Waals surface area contributed by atoms with Crippen LogP contribution in [0.5, 0.6) is 0 Å². The third kappa shape index (κ3) is 3.77. The zero-order valence-corrected chi connectivity index (χ0v) is 25.5. The quantitative estimate of drug-likeness (QED) is 0.187. The van der Waals surface area contributed by atoms with Crippen molar-refractivity contribution in [1.82, 2.24) is 13.9 Å². The van der Waals surface area contributed by atoms with Crippen molar-refractivity contribution in [3.8, 4) is 38.8 Å². The molecule has 8 aromatic carbocycles. The largest absolute Gasteiger partial charge is 0.309 e. The molecule has 0 spiro atoms. The van der Waals surface area contributed by atoms with E-state index in [4.69, 9.17) is 9.36 Å². The van der Waals surface area contributed by atoms with Gasteiger partial charge in [0.2, 0.25) is 0 Å². The second-order valence-corrected chi connectivity index (χ2v) is 12.6. The van der Waals surface area contributed by atoms with Gasteiger partial charge in [0.05, 0.1) is 11.0 Å². The zero-order valence-electron chi connectivity index (χ0n) is 24.7. The van der Waals surface area contributed by atoms with Gasteiger partial charge in [-0.2, -0.15) is 4.37 Å². The molecule has 10 aromatic rings. The maximum atomic E-state index is 5.14. The summed E-state index contributed by atoms with van der Waals surface area (Å²) in [5, 5.41) is 10.9. The van der Waals surface area contributed by atoms with Crippen LogP contribution in [0.1, 0.15) is 0 Å². The summed E-state index contributed by atoms with van der Waals surface area (Å²) >= 11 is 1.46. The average Bonchev–Trinajstić information content (AvgIpc) is 3.74. The highest BCUT2D eigenvalue weighted by Gasteiger charge is 2.18. The average molecular weight is 604 g/mol. The topological polar surface area (TPSA) is 30.7 Å². The Hall–Kier alpha value is -5.84. The normalized spacial score (nSPS) is 11.9. The van der Waals surface area contributed by atoms with Gasteiger partial charge < -0.3 is 4.57 Å². The van der Waals surface area contributed by atoms with E-state index in [0.29, 0.717) is 0 Å². The van der Waals surface area contributed by atoms with Crippen LogP contribution in [0.2, 0.25) is 0 Å². The number of nitrogens with zero attached hydrogens (tertiary/aromatic N) is 3. The molecular weight excluding hydrogens is 579 g/mol. The molecule has 0 atom stereocenters. The Morgan fingerprint density at radius 3 is 1.96 bits per heavy atom. The van der Waals surface area contributed by atoms with Gasteiger partial charge in [0, 0.05) is 27.6 Å². The lowest BCUT2D eigenvalue weighted by Gasteiger charge is -2.12. The summed E-state index contributed by atoms with van der Waals surface area (Å²) in [5.41, 5.74) is 8.05. The molecule has 0 radical (unpaired) electrons. The van der Waals surface area contributed by atoms with Crippen LogP contribution in [0.3, 0.4) is 0 Å². The molecule has 0 fully saturated rings. The molecule has 0 N–H and O–H groups in total. The predicted octanol–water partition coefficient (Wildman–Crippen LogP) is 11.5. The van der Waals surface area contributed by atoms with Crippen LogP contribution < -0.4 is 0 Å². The highest BCUT2D eigenvalue weighted by Crippen LogP contribution is 2.40. The first-order chi connectivity index (χ1) is 22.8. The highest BCUT2D eigenvalue weighted by molar-refractivity contribution is 7.09. The monoisotopic (exact) mass is 603 g/mol. The Bertz CT molecular complexity index is 2720. The molecule has 0 amide bonds. The Kier molecular flexibility index (Phi) is 5.45. The molecule has 3 nitrogen and oxygen atoms in total. The Balaban J connectivity index is 1.11. The van der Waals surface area contributed by atoms with Crippen molar-refractivity contribution in [2.45, 2.75) is 0 Å². The molecule has 0 aliphatic heterocycles. The van der Waals surface area contributed by atoms with Crippen LogP contribution in [0.4, 0.5) is 0 Å². The molecule has 2 aromatic heterocycles. The fraction of sp³-hybridized carbons (Fsp3) is 0. The summed E-state index contributed by atoms with van der Waals surface area (Å²) in [6, 6.07) is 54.5. The zero-order chi connectivity index (χ0) is 30.2. The Labute approximate surface area is 269 Å². The SMILES string of the molecule is c1ccc(-c2ccc(-n3c4ccccc4c4ccc(-c5nc(-c6ccc7ccc8cccc9ccc6c7c89)ns5)cc43)cc2)cc1. The molecule has 10 rings (SSSR count). The fourth-order valence-corrected chi connectivity index (χ4v) is 7.87. The maximum absolute atomic E-state index is 5.14. The van der Waals surface area contributed by atoms with Crippen molar-refractivity contribution < 1.29 is 0 Å². The summed E-state index contributed by atoms with van der Waals surface area (Å²) < 4.78 is 7.28. The van der Waals surface area contributed by atoms with E-state index in [1.165, 1.54) is 71.3 Å². The van der Waals surface area contributed by atoms with Crippen molar-refractivity contribution in [2.75, 3.05) is 0 Å². The minimum Gasteiger partial charge on any atom is -0.309 e. The van der Waals surface area contributed by atoms with Gasteiger partial charge in [-0.15, -0.1) is 0 Å². The molecule has 214 valence electrons. The highest BCUT2D eigenvalue weighted by atomic mass is 32.1. The molecular formula is C42H25N3S. The smallest absolute Gasteiger partial charge is 0.174 e. The summed E-state index contributed by atoms with van der Waals surface area (Å²) in [4.78, 5) is 5.14. The van der Waals surface area contributed by atoms with Crippen LogP contribution in [0, 0.1) is 0 Å². The van der Waals surface area contributed by atoms with E-state index in [0.717, 1.165) is 33.2 Å². The first kappa shape index (κ1) is 25.5. The molecule has 4 heteroatoms. The lowest BCUT2D eigenvalue weighted by atomic mass is 9.92. The van der Waals surface area contributed by atoms with Crippen LogP contribution >= 0.6 is 11.5 Å². The van der Waals surface area contributed by atoms with E-state index in [1.807, 2.05) is 0 Å². The molecule has 0 saturated carbocycles. The van der Waals surface area contributed by atoms with Crippen molar-refractivity contribution >= 4 is 65.7 Å². The van der Waals surface area contributed by atoms with Crippen molar-refractivity contribution in [3.05, 3.63) is 152 Å². The number of para-hydroxylation sites is 1. The van der Waals surface area contributed by atoms with Gasteiger partial charge in [-0.05, 0) is 85.3 Å². The molecule has 0 unspecified atom stereocenters. The lowest BCUT2D eigenvalue weighted by Crippen LogP contribution is -1.94. The van der Waals surface area contributed by atoms with E-state index in [1.54, 1.807) is 0 Å². The third-order valence-corrected chi connectivity index (χ3v) is 10.1. The Morgan fingerprint density at radius 1 is 0.457 bits per heavy atom. The molecule has 0 aliphatic carbocycles. The number of benzene rings is 8. The number of hydrogen-bond donors (Lipinski definition) is 0. The third-order valence-electron chi connectivity index (χ3n) is 9.35. The van der Waals surface area contributed by atoms with Gasteiger partial charge in [-0.3, -0.25) is 0 Å². The molecule has 0 bridgehead atoms. The van der Waals surface area contributed by atoms with Gasteiger partial charge in [0.25, 0.3) is 0 Å². The van der Waals surface area contributed by atoms with Crippen molar-refractivity contribution in [1.29, 1.82) is 0 Å². The van der Waals surface area contributed by atoms with Crippen LogP contribution in [-0.4, -0.2) is 13.9 Å². The standard InChI is InChI=1S/C42H25N3S/c1-2-7-26(8-3-1)27-15-20-32(21-16-27)45-37-12-5-4-11-33(37)34-22-19-31(25-38(34)45)42-43-41(44-46-42)36-24-18-30-14-13-28-9-6-10-29-17-23-35(36)40(30)39(28)29/h1-25H. The van der Waals surface area contributed by atoms with Gasteiger partial charge in [0.1, 0.15) is 5.01 Å². The van der Waals surface area contributed by atoms with E-state index < -0.39 is 0 Å². The summed E-state index contributed by atoms with van der Waals surface area (Å²) in [6.07, 6.45) is 0. The minimum absolute atomic E-state index is 0.773. The number of aromatic nitrogens is 3. The predicted molar refractivity (Wildman–Crippen MR) is 194 cm³/mol. The van der Waals surface area contributed by atoms with Crippen molar-refractivity contribution in [3.63, 3.8) is 0 Å².